The monoisotopic (exact) mass is 224 g/mol. The summed E-state index contributed by atoms with van der Waals surface area (Å²) >= 11 is 0. The van der Waals surface area contributed by atoms with Crippen LogP contribution in [0.5, 0.6) is 0 Å². The Morgan fingerprint density at radius 3 is 2.31 bits per heavy atom. The van der Waals surface area contributed by atoms with Gasteiger partial charge in [-0.15, -0.1) is 0 Å². The summed E-state index contributed by atoms with van der Waals surface area (Å²) in [6, 6.07) is 0. The number of carbonyl (C=O) groups is 2. The first kappa shape index (κ1) is 12.3. The number of hydrogen-bond acceptors (Lipinski definition) is 2. The smallest absolute Gasteiger partial charge is 0.352 e. The number of nitrogens with one attached hydrogen (secondary N) is 1. The Kier molecular flexibility index (Phi) is 3.37. The summed E-state index contributed by atoms with van der Waals surface area (Å²) in [5.41, 5.74) is 1.64. The fourth-order valence-electron chi connectivity index (χ4n) is 1.62. The van der Waals surface area contributed by atoms with Crippen LogP contribution in [-0.4, -0.2) is 40.5 Å². The number of hydrogen-bond donors (Lipinski definition) is 2. The lowest BCUT2D eigenvalue weighted by Crippen LogP contribution is -2.27. The van der Waals surface area contributed by atoms with Gasteiger partial charge in [0.2, 0.25) is 0 Å². The van der Waals surface area contributed by atoms with E-state index in [1.54, 1.807) is 25.8 Å². The van der Waals surface area contributed by atoms with E-state index in [2.05, 4.69) is 4.98 Å². The third-order valence-corrected chi connectivity index (χ3v) is 2.69. The first-order chi connectivity index (χ1) is 7.40. The fraction of sp³-hybridized carbons (Fsp3) is 0.455. The zero-order valence-electron chi connectivity index (χ0n) is 9.92. The highest BCUT2D eigenvalue weighted by atomic mass is 16.4. The van der Waals surface area contributed by atoms with Gasteiger partial charge in [-0.25, -0.2) is 4.79 Å². The Hall–Kier alpha value is -1.78. The van der Waals surface area contributed by atoms with Crippen molar-refractivity contribution in [3.63, 3.8) is 0 Å². The molecule has 1 amide bonds. The molecular formula is C11H16N2O3. The van der Waals surface area contributed by atoms with Crippen LogP contribution < -0.4 is 0 Å². The molecule has 5 heteroatoms. The third-order valence-electron chi connectivity index (χ3n) is 2.69. The predicted molar refractivity (Wildman–Crippen MR) is 59.9 cm³/mol. The summed E-state index contributed by atoms with van der Waals surface area (Å²) in [6.45, 7) is 5.80. The molecule has 1 rings (SSSR count). The highest BCUT2D eigenvalue weighted by Gasteiger charge is 2.22. The number of aryl methyl sites for hydroxylation is 1. The van der Waals surface area contributed by atoms with Crippen molar-refractivity contribution in [3.05, 3.63) is 22.5 Å². The highest BCUT2D eigenvalue weighted by Crippen LogP contribution is 2.19. The number of amides is 1. The molecule has 2 N–H and O–H groups in total. The predicted octanol–water partition coefficient (Wildman–Crippen LogP) is 1.42. The van der Waals surface area contributed by atoms with Crippen molar-refractivity contribution in [2.45, 2.75) is 20.8 Å². The Labute approximate surface area is 94.1 Å². The number of aromatic carboxylic acids is 1. The highest BCUT2D eigenvalue weighted by molar-refractivity contribution is 6.00. The third kappa shape index (κ3) is 1.93. The molecule has 0 aliphatic rings. The van der Waals surface area contributed by atoms with Crippen LogP contribution in [0.25, 0.3) is 0 Å². The number of aromatic nitrogens is 1. The van der Waals surface area contributed by atoms with Gasteiger partial charge >= 0.3 is 5.97 Å². The molecule has 0 radical (unpaired) electrons. The van der Waals surface area contributed by atoms with Crippen molar-refractivity contribution < 1.29 is 14.7 Å². The minimum absolute atomic E-state index is 0.0883. The van der Waals surface area contributed by atoms with Crippen LogP contribution >= 0.6 is 0 Å². The normalized spacial score (nSPS) is 10.2. The molecule has 1 aromatic rings. The van der Waals surface area contributed by atoms with Crippen LogP contribution in [-0.2, 0) is 0 Å². The molecule has 1 aromatic heterocycles. The molecule has 0 bridgehead atoms. The lowest BCUT2D eigenvalue weighted by molar-refractivity contribution is 0.0690. The molecular weight excluding hydrogens is 208 g/mol. The zero-order chi connectivity index (χ0) is 12.5. The quantitative estimate of drug-likeness (QED) is 0.815. The van der Waals surface area contributed by atoms with Gasteiger partial charge in [-0.3, -0.25) is 4.79 Å². The van der Waals surface area contributed by atoms with Crippen LogP contribution in [0.3, 0.4) is 0 Å². The summed E-state index contributed by atoms with van der Waals surface area (Å²) in [4.78, 5) is 27.1. The maximum Gasteiger partial charge on any atom is 0.352 e. The molecule has 0 aliphatic carbocycles. The van der Waals surface area contributed by atoms with Crippen LogP contribution in [0.1, 0.15) is 39.0 Å². The molecule has 0 atom stereocenters. The van der Waals surface area contributed by atoms with Gasteiger partial charge in [0, 0.05) is 19.3 Å². The van der Waals surface area contributed by atoms with Crippen LogP contribution in [0.4, 0.5) is 0 Å². The van der Waals surface area contributed by atoms with Gasteiger partial charge in [-0.1, -0.05) is 0 Å². The van der Waals surface area contributed by atoms with E-state index in [9.17, 15) is 9.59 Å². The number of carboxylic acid groups (broad SMARTS) is 1. The van der Waals surface area contributed by atoms with E-state index in [0.29, 0.717) is 23.4 Å². The van der Waals surface area contributed by atoms with Gasteiger partial charge in [-0.2, -0.15) is 0 Å². The number of H-pyrrole nitrogens is 1. The first-order valence-corrected chi connectivity index (χ1v) is 5.08. The van der Waals surface area contributed by atoms with Crippen molar-refractivity contribution in [2.75, 3.05) is 13.6 Å². The second kappa shape index (κ2) is 4.38. The standard InChI is InChI=1S/C11H16N2O3/c1-5-13(4)10(14)8-6(2)9(11(15)16)12-7(8)3/h12H,5H2,1-4H3,(H,15,16). The van der Waals surface area contributed by atoms with Crippen LogP contribution in [0.15, 0.2) is 0 Å². The summed E-state index contributed by atoms with van der Waals surface area (Å²) in [6.07, 6.45) is 0. The average Bonchev–Trinajstić information content (AvgIpc) is 2.52. The molecule has 88 valence electrons. The second-order valence-corrected chi connectivity index (χ2v) is 3.75. The van der Waals surface area contributed by atoms with Gasteiger partial charge in [0.05, 0.1) is 5.56 Å². The van der Waals surface area contributed by atoms with Gasteiger partial charge in [0.25, 0.3) is 5.91 Å². The zero-order valence-corrected chi connectivity index (χ0v) is 9.92. The largest absolute Gasteiger partial charge is 0.477 e. The van der Waals surface area contributed by atoms with Crippen molar-refractivity contribution in [1.82, 2.24) is 9.88 Å². The van der Waals surface area contributed by atoms with E-state index in [-0.39, 0.29) is 11.6 Å². The molecule has 0 aromatic carbocycles. The maximum absolute atomic E-state index is 12.0. The number of rotatable bonds is 3. The number of aromatic amines is 1. The number of carboxylic acids is 1. The lowest BCUT2D eigenvalue weighted by Gasteiger charge is -2.14. The molecule has 0 saturated carbocycles. The van der Waals surface area contributed by atoms with Gasteiger partial charge in [0.15, 0.2) is 0 Å². The Morgan fingerprint density at radius 2 is 1.94 bits per heavy atom. The van der Waals surface area contributed by atoms with E-state index in [1.165, 1.54) is 0 Å². The summed E-state index contributed by atoms with van der Waals surface area (Å²) in [7, 11) is 1.69. The molecule has 0 fully saturated rings. The van der Waals surface area contributed by atoms with E-state index in [4.69, 9.17) is 5.11 Å². The van der Waals surface area contributed by atoms with E-state index >= 15 is 0 Å². The van der Waals surface area contributed by atoms with Crippen molar-refractivity contribution in [2.24, 2.45) is 0 Å². The molecule has 0 unspecified atom stereocenters. The van der Waals surface area contributed by atoms with E-state index in [1.807, 2.05) is 6.92 Å². The van der Waals surface area contributed by atoms with Crippen molar-refractivity contribution in [1.29, 1.82) is 0 Å². The second-order valence-electron chi connectivity index (χ2n) is 3.75. The van der Waals surface area contributed by atoms with Crippen LogP contribution in [0, 0.1) is 13.8 Å². The molecule has 0 saturated heterocycles. The van der Waals surface area contributed by atoms with E-state index in [0.717, 1.165) is 0 Å². The maximum atomic E-state index is 12.0. The molecule has 0 spiro atoms. The molecule has 1 heterocycles. The summed E-state index contributed by atoms with van der Waals surface area (Å²) in [5, 5.41) is 8.92. The van der Waals surface area contributed by atoms with Gasteiger partial charge in [0.1, 0.15) is 5.69 Å². The SMILES string of the molecule is CCN(C)C(=O)c1c(C)[nH]c(C(=O)O)c1C. The topological polar surface area (TPSA) is 73.4 Å². The Morgan fingerprint density at radius 1 is 1.38 bits per heavy atom. The Balaban J connectivity index is 3.25. The first-order valence-electron chi connectivity index (χ1n) is 5.08. The van der Waals surface area contributed by atoms with Crippen molar-refractivity contribution >= 4 is 11.9 Å². The number of carbonyl (C=O) groups excluding carboxylic acids is 1. The fourth-order valence-corrected chi connectivity index (χ4v) is 1.62. The molecule has 5 nitrogen and oxygen atoms in total. The Bertz CT molecular complexity index is 435. The number of nitrogens with zero attached hydrogens (tertiary/aromatic N) is 1. The molecule has 16 heavy (non-hydrogen) atoms. The van der Waals surface area contributed by atoms with Gasteiger partial charge in [-0.05, 0) is 26.3 Å². The van der Waals surface area contributed by atoms with Crippen molar-refractivity contribution in [3.8, 4) is 0 Å². The minimum Gasteiger partial charge on any atom is -0.477 e. The minimum atomic E-state index is -1.04. The molecule has 0 aliphatic heterocycles. The van der Waals surface area contributed by atoms with E-state index < -0.39 is 5.97 Å². The lowest BCUT2D eigenvalue weighted by atomic mass is 10.1. The average molecular weight is 224 g/mol. The van der Waals surface area contributed by atoms with Gasteiger partial charge < -0.3 is 15.0 Å². The van der Waals surface area contributed by atoms with Crippen LogP contribution in [0.2, 0.25) is 0 Å². The summed E-state index contributed by atoms with van der Waals surface area (Å²) < 4.78 is 0. The summed E-state index contributed by atoms with van der Waals surface area (Å²) in [5.74, 6) is -1.19.